The Morgan fingerprint density at radius 1 is 1.17 bits per heavy atom. The number of aliphatic hydroxyl groups excluding tert-OH is 2. The molecule has 1 saturated carbocycles. The monoisotopic (exact) mass is 568 g/mol. The fraction of sp³-hybridized carbons (Fsp3) is 0.615. The highest BCUT2D eigenvalue weighted by atomic mass is 16.6. The van der Waals surface area contributed by atoms with E-state index in [2.05, 4.69) is 37.4 Å². The normalized spacial score (nSPS) is 28.3. The van der Waals surface area contributed by atoms with Crippen molar-refractivity contribution in [2.24, 2.45) is 5.92 Å². The van der Waals surface area contributed by atoms with E-state index >= 15 is 0 Å². The van der Waals surface area contributed by atoms with E-state index in [1.54, 1.807) is 4.90 Å². The van der Waals surface area contributed by atoms with Crippen LogP contribution < -0.4 is 16.4 Å². The van der Waals surface area contributed by atoms with Crippen molar-refractivity contribution in [1.29, 1.82) is 0 Å². The van der Waals surface area contributed by atoms with Gasteiger partial charge in [0.05, 0.1) is 6.33 Å². The summed E-state index contributed by atoms with van der Waals surface area (Å²) in [5.41, 5.74) is 6.65. The van der Waals surface area contributed by atoms with Crippen molar-refractivity contribution in [2.45, 2.75) is 81.8 Å². The molecule has 0 aromatic carbocycles. The quantitative estimate of drug-likeness (QED) is 0.280. The van der Waals surface area contributed by atoms with Gasteiger partial charge in [-0.3, -0.25) is 14.2 Å². The summed E-state index contributed by atoms with van der Waals surface area (Å²) in [6.45, 7) is 1.07. The minimum atomic E-state index is -1.42. The maximum Gasteiger partial charge on any atom is 0.411 e. The lowest BCUT2D eigenvalue weighted by molar-refractivity contribution is -0.137. The van der Waals surface area contributed by atoms with Gasteiger partial charge in [-0.2, -0.15) is 0 Å². The van der Waals surface area contributed by atoms with Gasteiger partial charge in [-0.05, 0) is 37.5 Å². The van der Waals surface area contributed by atoms with Crippen molar-refractivity contribution in [1.82, 2.24) is 35.1 Å². The number of piperidine rings is 1. The first kappa shape index (κ1) is 27.2. The van der Waals surface area contributed by atoms with E-state index < -0.39 is 42.8 Å². The zero-order valence-corrected chi connectivity index (χ0v) is 22.2. The molecule has 2 aromatic rings. The summed E-state index contributed by atoms with van der Waals surface area (Å²) in [5, 5.41) is 26.5. The molecule has 15 nitrogen and oxygen atoms in total. The van der Waals surface area contributed by atoms with Crippen LogP contribution in [0.3, 0.4) is 0 Å². The molecule has 3 amide bonds. The number of amides is 3. The van der Waals surface area contributed by atoms with Gasteiger partial charge >= 0.3 is 6.09 Å². The fourth-order valence-electron chi connectivity index (χ4n) is 5.26. The van der Waals surface area contributed by atoms with Crippen LogP contribution >= 0.6 is 0 Å². The lowest BCUT2D eigenvalue weighted by atomic mass is 9.94. The van der Waals surface area contributed by atoms with Crippen molar-refractivity contribution < 1.29 is 34.1 Å². The number of imidazole rings is 1. The molecule has 6 N–H and O–H groups in total. The smallest absolute Gasteiger partial charge is 0.411 e. The number of hydrogen-bond acceptors (Lipinski definition) is 11. The number of nitrogens with zero attached hydrogens (tertiary/aromatic N) is 5. The van der Waals surface area contributed by atoms with E-state index in [4.69, 9.17) is 15.2 Å². The zero-order chi connectivity index (χ0) is 28.7. The Hall–Kier alpha value is -4.00. The van der Waals surface area contributed by atoms with Gasteiger partial charge in [0, 0.05) is 38.4 Å². The maximum atomic E-state index is 12.5. The predicted octanol–water partition coefficient (Wildman–Crippen LogP) is -0.867. The molecule has 3 aliphatic heterocycles. The average molecular weight is 569 g/mol. The van der Waals surface area contributed by atoms with Crippen LogP contribution in [0, 0.1) is 17.8 Å². The number of aliphatic hydroxyl groups is 2. The zero-order valence-electron chi connectivity index (χ0n) is 22.2. The largest absolute Gasteiger partial charge is 0.425 e. The molecular weight excluding hydrogens is 536 g/mol. The third kappa shape index (κ3) is 5.76. The Kier molecular flexibility index (Phi) is 7.37. The lowest BCUT2D eigenvalue weighted by Crippen LogP contribution is -2.43. The van der Waals surface area contributed by atoms with Crippen LogP contribution in [0.2, 0.25) is 0 Å². The number of nitrogens with two attached hydrogens (primary N) is 1. The number of rotatable bonds is 5. The number of ether oxygens (including phenoxy) is 2. The van der Waals surface area contributed by atoms with Gasteiger partial charge in [0.2, 0.25) is 11.7 Å². The Balaban J connectivity index is 1.08. The molecule has 3 saturated heterocycles. The molecule has 1 aliphatic carbocycles. The van der Waals surface area contributed by atoms with Crippen molar-refractivity contribution in [2.75, 3.05) is 18.8 Å². The third-order valence-electron chi connectivity index (χ3n) is 7.81. The number of nitrogen functional groups attached to an aromatic ring is 1. The molecule has 0 spiro atoms. The number of likely N-dealkylation sites (tertiary alicyclic amines) is 1. The van der Waals surface area contributed by atoms with E-state index in [0.29, 0.717) is 32.4 Å². The molecule has 5 atom stereocenters. The van der Waals surface area contributed by atoms with E-state index in [0.717, 1.165) is 25.7 Å². The van der Waals surface area contributed by atoms with Gasteiger partial charge in [0.15, 0.2) is 30.0 Å². The number of carbonyl (C=O) groups is 3. The minimum Gasteiger partial charge on any atom is -0.425 e. The second kappa shape index (κ2) is 11.1. The van der Waals surface area contributed by atoms with Crippen molar-refractivity contribution in [3.63, 3.8) is 0 Å². The number of carbonyl (C=O) groups excluding carboxylic acids is 3. The number of aromatic nitrogens is 4. The van der Waals surface area contributed by atoms with Crippen molar-refractivity contribution in [3.8, 4) is 11.8 Å². The first-order valence-corrected chi connectivity index (χ1v) is 13.8. The summed E-state index contributed by atoms with van der Waals surface area (Å²) in [7, 11) is 0. The summed E-state index contributed by atoms with van der Waals surface area (Å²) in [5.74, 6) is 5.98. The number of fused-ring (bicyclic) bond motifs is 1. The summed E-state index contributed by atoms with van der Waals surface area (Å²) in [6, 6.07) is 0.0773. The maximum absolute atomic E-state index is 12.5. The molecule has 4 fully saturated rings. The number of anilines is 1. The molecule has 15 heteroatoms. The first-order valence-electron chi connectivity index (χ1n) is 13.8. The summed E-state index contributed by atoms with van der Waals surface area (Å²) in [6.07, 6.45) is -0.0853. The van der Waals surface area contributed by atoms with Crippen LogP contribution in [0.25, 0.3) is 11.2 Å². The van der Waals surface area contributed by atoms with Crippen LogP contribution in [0.15, 0.2) is 6.33 Å². The standard InChI is InChI=1S/C26H32N8O7/c27-22-18-23(34(12-28-18)25-20(37)19(36)21(41-25)24(38)29-14-4-5-14)31-15(30-22)3-1-2-13-8-10-33(11-9-13)26(39)40-17-7-6-16(35)32-17/h12-14,17,19-21,25,36-37H,2,4-11H2,(H,29,38)(H,32,35)(H2,27,30,31). The van der Waals surface area contributed by atoms with Gasteiger partial charge in [0.1, 0.15) is 17.7 Å². The molecule has 0 radical (unpaired) electrons. The Morgan fingerprint density at radius 3 is 2.66 bits per heavy atom. The van der Waals surface area contributed by atoms with Gasteiger partial charge in [-0.15, -0.1) is 0 Å². The molecule has 2 aromatic heterocycles. The van der Waals surface area contributed by atoms with Gasteiger partial charge in [-0.25, -0.2) is 19.7 Å². The molecule has 218 valence electrons. The fourth-order valence-corrected chi connectivity index (χ4v) is 5.26. The Labute approximate surface area is 234 Å². The van der Waals surface area contributed by atoms with E-state index in [9.17, 15) is 24.6 Å². The second-order valence-electron chi connectivity index (χ2n) is 10.9. The topological polar surface area (TPSA) is 207 Å². The van der Waals surface area contributed by atoms with E-state index in [1.165, 1.54) is 10.9 Å². The molecule has 5 heterocycles. The average Bonchev–Trinajstić information content (AvgIpc) is 3.38. The number of hydrogen-bond donors (Lipinski definition) is 5. The van der Waals surface area contributed by atoms with Gasteiger partial charge in [0.25, 0.3) is 5.91 Å². The molecule has 6 rings (SSSR count). The molecule has 5 unspecified atom stereocenters. The molecular formula is C26H32N8O7. The second-order valence-corrected chi connectivity index (χ2v) is 10.9. The van der Waals surface area contributed by atoms with Gasteiger partial charge in [-0.1, -0.05) is 5.92 Å². The van der Waals surface area contributed by atoms with Crippen LogP contribution in [0.4, 0.5) is 10.6 Å². The lowest BCUT2D eigenvalue weighted by Gasteiger charge is -2.31. The van der Waals surface area contributed by atoms with E-state index in [-0.39, 0.29) is 40.7 Å². The molecule has 41 heavy (non-hydrogen) atoms. The number of nitrogens with one attached hydrogen (secondary N) is 2. The summed E-state index contributed by atoms with van der Waals surface area (Å²) in [4.78, 5) is 50.7. The predicted molar refractivity (Wildman–Crippen MR) is 140 cm³/mol. The van der Waals surface area contributed by atoms with Crippen LogP contribution in [-0.4, -0.2) is 96.2 Å². The summed E-state index contributed by atoms with van der Waals surface area (Å²) < 4.78 is 12.5. The molecule has 0 bridgehead atoms. The van der Waals surface area contributed by atoms with E-state index in [1.807, 2.05) is 0 Å². The van der Waals surface area contributed by atoms with Crippen molar-refractivity contribution >= 4 is 34.9 Å². The first-order chi connectivity index (χ1) is 19.8. The minimum absolute atomic E-state index is 0.0773. The van der Waals surface area contributed by atoms with Crippen LogP contribution in [0.5, 0.6) is 0 Å². The highest BCUT2D eigenvalue weighted by Gasteiger charge is 2.48. The SMILES string of the molecule is Nc1nc(C#CCC2CCN(C(=O)OC3CCC(=O)N3)CC2)nc2c1ncn2C1OC(C(=O)NC2CC2)C(O)C1O. The van der Waals surface area contributed by atoms with Crippen LogP contribution in [0.1, 0.15) is 57.0 Å². The Bertz CT molecular complexity index is 1410. The Morgan fingerprint density at radius 2 is 1.95 bits per heavy atom. The third-order valence-corrected chi connectivity index (χ3v) is 7.81. The molecule has 4 aliphatic rings. The highest BCUT2D eigenvalue weighted by Crippen LogP contribution is 2.33. The van der Waals surface area contributed by atoms with Crippen LogP contribution in [-0.2, 0) is 19.1 Å². The highest BCUT2D eigenvalue weighted by molar-refractivity contribution is 5.83. The van der Waals surface area contributed by atoms with Crippen molar-refractivity contribution in [3.05, 3.63) is 12.2 Å². The van der Waals surface area contributed by atoms with Gasteiger partial charge < -0.3 is 41.0 Å². The summed E-state index contributed by atoms with van der Waals surface area (Å²) >= 11 is 0.